The maximum absolute atomic E-state index is 10.9. The van der Waals surface area contributed by atoms with E-state index in [1.165, 1.54) is 45.6 Å². The molecule has 0 saturated heterocycles. The van der Waals surface area contributed by atoms with Gasteiger partial charge in [-0.1, -0.05) is 51.2 Å². The summed E-state index contributed by atoms with van der Waals surface area (Å²) in [4.78, 5) is 10.9. The number of rotatable bonds is 14. The molecule has 0 saturated carbocycles. The van der Waals surface area contributed by atoms with Crippen LogP contribution in [0.5, 0.6) is 0 Å². The van der Waals surface area contributed by atoms with E-state index in [1.54, 1.807) is 0 Å². The third kappa shape index (κ3) is 15.4. The number of unbranched alkanes of at least 4 members (excludes halogenated alkanes) is 7. The Morgan fingerprint density at radius 1 is 1.05 bits per heavy atom. The van der Waals surface area contributed by atoms with Crippen molar-refractivity contribution in [2.45, 2.75) is 77.6 Å². The number of ether oxygens (including phenoxy) is 1. The minimum absolute atomic E-state index is 0.0879. The lowest BCUT2D eigenvalue weighted by Gasteiger charge is -2.04. The molecular weight excluding hydrogens is 264 g/mol. The smallest absolute Gasteiger partial charge is 0.305 e. The first-order chi connectivity index (χ1) is 10.2. The summed E-state index contributed by atoms with van der Waals surface area (Å²) >= 11 is 0. The molecule has 0 aromatic heterocycles. The molecule has 0 fully saturated rings. The molecule has 0 aromatic rings. The Hall–Kier alpha value is -0.830. The highest BCUT2D eigenvalue weighted by molar-refractivity contribution is 5.68. The Kier molecular flexibility index (Phi) is 14.9. The van der Waals surface area contributed by atoms with E-state index in [0.29, 0.717) is 18.9 Å². The second kappa shape index (κ2) is 15.6. The number of esters is 1. The second-order valence-electron chi connectivity index (χ2n) is 5.91. The van der Waals surface area contributed by atoms with E-state index in [0.717, 1.165) is 25.7 Å². The average Bonchev–Trinajstić information content (AvgIpc) is 2.48. The summed E-state index contributed by atoms with van der Waals surface area (Å²) < 4.78 is 4.61. The van der Waals surface area contributed by atoms with Crippen LogP contribution in [0.2, 0.25) is 0 Å². The summed E-state index contributed by atoms with van der Waals surface area (Å²) in [7, 11) is 1.45. The van der Waals surface area contributed by atoms with Crippen molar-refractivity contribution in [3.63, 3.8) is 0 Å². The molecule has 0 radical (unpaired) electrons. The predicted molar refractivity (Wildman–Crippen MR) is 88.2 cm³/mol. The van der Waals surface area contributed by atoms with Crippen molar-refractivity contribution in [3.8, 4) is 0 Å². The van der Waals surface area contributed by atoms with Gasteiger partial charge in [0.05, 0.1) is 7.11 Å². The van der Waals surface area contributed by atoms with Gasteiger partial charge >= 0.3 is 5.97 Å². The molecule has 0 rings (SSSR count). The first-order valence-corrected chi connectivity index (χ1v) is 8.53. The molecular formula is C18H34O3. The fourth-order valence-corrected chi connectivity index (χ4v) is 2.30. The van der Waals surface area contributed by atoms with Gasteiger partial charge in [0.25, 0.3) is 0 Å². The maximum Gasteiger partial charge on any atom is 0.305 e. The summed E-state index contributed by atoms with van der Waals surface area (Å²) in [5, 5.41) is 8.81. The zero-order valence-electron chi connectivity index (χ0n) is 14.0. The first kappa shape index (κ1) is 20.2. The molecule has 1 atom stereocenters. The van der Waals surface area contributed by atoms with Crippen LogP contribution in [0.4, 0.5) is 0 Å². The molecule has 1 N–H and O–H groups in total. The molecule has 0 aromatic carbocycles. The van der Waals surface area contributed by atoms with Crippen molar-refractivity contribution in [2.75, 3.05) is 13.7 Å². The molecule has 0 aliphatic carbocycles. The summed E-state index contributed by atoms with van der Waals surface area (Å²) in [6, 6.07) is 0. The van der Waals surface area contributed by atoms with Gasteiger partial charge < -0.3 is 9.84 Å². The zero-order chi connectivity index (χ0) is 15.8. The predicted octanol–water partition coefficient (Wildman–Crippen LogP) is 4.64. The highest BCUT2D eigenvalue weighted by Gasteiger charge is 1.99. The second-order valence-corrected chi connectivity index (χ2v) is 5.91. The first-order valence-electron chi connectivity index (χ1n) is 8.53. The maximum atomic E-state index is 10.9. The van der Waals surface area contributed by atoms with Crippen LogP contribution in [0, 0.1) is 5.92 Å². The van der Waals surface area contributed by atoms with Gasteiger partial charge in [0, 0.05) is 13.0 Å². The van der Waals surface area contributed by atoms with E-state index in [2.05, 4.69) is 23.8 Å². The lowest BCUT2D eigenvalue weighted by atomic mass is 10.0. The van der Waals surface area contributed by atoms with E-state index >= 15 is 0 Å². The lowest BCUT2D eigenvalue weighted by molar-refractivity contribution is -0.140. The normalized spacial score (nSPS) is 12.7. The van der Waals surface area contributed by atoms with Gasteiger partial charge in [0.15, 0.2) is 0 Å². The highest BCUT2D eigenvalue weighted by Crippen LogP contribution is 2.11. The van der Waals surface area contributed by atoms with Gasteiger partial charge in [-0.05, 0) is 38.0 Å². The van der Waals surface area contributed by atoms with Gasteiger partial charge in [-0.15, -0.1) is 0 Å². The lowest BCUT2D eigenvalue weighted by Crippen LogP contribution is -1.99. The molecule has 0 bridgehead atoms. The summed E-state index contributed by atoms with van der Waals surface area (Å²) in [5.41, 5.74) is 0. The number of hydrogen-bond acceptors (Lipinski definition) is 3. The standard InChI is InChI=1S/C18H34O3/c1-17(15-16-19)13-11-9-7-5-3-4-6-8-10-12-14-18(20)21-2/h9,11,17,19H,3-8,10,12-16H2,1-2H3/b11-9+. The Labute approximate surface area is 130 Å². The minimum atomic E-state index is -0.0879. The molecule has 21 heavy (non-hydrogen) atoms. The van der Waals surface area contributed by atoms with Crippen LogP contribution in [-0.4, -0.2) is 24.8 Å². The van der Waals surface area contributed by atoms with Crippen LogP contribution in [0.3, 0.4) is 0 Å². The van der Waals surface area contributed by atoms with Crippen LogP contribution >= 0.6 is 0 Å². The van der Waals surface area contributed by atoms with Crippen molar-refractivity contribution < 1.29 is 14.6 Å². The number of aliphatic hydroxyl groups excluding tert-OH is 1. The fourth-order valence-electron chi connectivity index (χ4n) is 2.30. The molecule has 0 amide bonds. The van der Waals surface area contributed by atoms with Gasteiger partial charge in [0.1, 0.15) is 0 Å². The van der Waals surface area contributed by atoms with E-state index in [9.17, 15) is 4.79 Å². The van der Waals surface area contributed by atoms with Crippen molar-refractivity contribution in [1.29, 1.82) is 0 Å². The fraction of sp³-hybridized carbons (Fsp3) is 0.833. The molecule has 0 aliphatic rings. The Morgan fingerprint density at radius 3 is 2.29 bits per heavy atom. The molecule has 3 heteroatoms. The Balaban J connectivity index is 3.18. The van der Waals surface area contributed by atoms with Gasteiger partial charge in [0.2, 0.25) is 0 Å². The summed E-state index contributed by atoms with van der Waals surface area (Å²) in [6.07, 6.45) is 16.7. The quantitative estimate of drug-likeness (QED) is 0.289. The highest BCUT2D eigenvalue weighted by atomic mass is 16.5. The number of hydrogen-bond donors (Lipinski definition) is 1. The number of aliphatic hydroxyl groups is 1. The molecule has 3 nitrogen and oxygen atoms in total. The Morgan fingerprint density at radius 2 is 1.67 bits per heavy atom. The molecule has 124 valence electrons. The zero-order valence-corrected chi connectivity index (χ0v) is 14.0. The number of allylic oxidation sites excluding steroid dienone is 2. The van der Waals surface area contributed by atoms with Crippen molar-refractivity contribution in [2.24, 2.45) is 5.92 Å². The van der Waals surface area contributed by atoms with E-state index in [1.807, 2.05) is 0 Å². The van der Waals surface area contributed by atoms with Crippen molar-refractivity contribution in [1.82, 2.24) is 0 Å². The van der Waals surface area contributed by atoms with Crippen LogP contribution in [-0.2, 0) is 9.53 Å². The molecule has 1 unspecified atom stereocenters. The Bertz CT molecular complexity index is 261. The molecule has 0 heterocycles. The van der Waals surface area contributed by atoms with Crippen LogP contribution in [0.1, 0.15) is 77.6 Å². The van der Waals surface area contributed by atoms with Crippen molar-refractivity contribution in [3.05, 3.63) is 12.2 Å². The van der Waals surface area contributed by atoms with Gasteiger partial charge in [-0.2, -0.15) is 0 Å². The SMILES string of the molecule is COC(=O)CCCCCCCCC/C=C/CC(C)CCO. The van der Waals surface area contributed by atoms with Crippen LogP contribution in [0.25, 0.3) is 0 Å². The summed E-state index contributed by atoms with van der Waals surface area (Å²) in [5.74, 6) is 0.506. The minimum Gasteiger partial charge on any atom is -0.469 e. The average molecular weight is 298 g/mol. The number of carbonyl (C=O) groups excluding carboxylic acids is 1. The topological polar surface area (TPSA) is 46.5 Å². The van der Waals surface area contributed by atoms with Gasteiger partial charge in [-0.25, -0.2) is 0 Å². The number of carbonyl (C=O) groups is 1. The largest absolute Gasteiger partial charge is 0.469 e. The van der Waals surface area contributed by atoms with Crippen LogP contribution in [0.15, 0.2) is 12.2 Å². The third-order valence-electron chi connectivity index (χ3n) is 3.81. The molecule has 0 spiro atoms. The van der Waals surface area contributed by atoms with E-state index in [-0.39, 0.29) is 5.97 Å². The van der Waals surface area contributed by atoms with Crippen molar-refractivity contribution >= 4 is 5.97 Å². The van der Waals surface area contributed by atoms with Gasteiger partial charge in [-0.3, -0.25) is 4.79 Å². The third-order valence-corrected chi connectivity index (χ3v) is 3.81. The van der Waals surface area contributed by atoms with E-state index < -0.39 is 0 Å². The summed E-state index contributed by atoms with van der Waals surface area (Å²) in [6.45, 7) is 2.48. The van der Waals surface area contributed by atoms with Crippen LogP contribution < -0.4 is 0 Å². The molecule has 0 aliphatic heterocycles. The monoisotopic (exact) mass is 298 g/mol. The van der Waals surface area contributed by atoms with E-state index in [4.69, 9.17) is 5.11 Å². The number of methoxy groups -OCH3 is 1.